The first-order chi connectivity index (χ1) is 21.5. The monoisotopic (exact) mass is 626 g/mol. The van der Waals surface area contributed by atoms with E-state index in [1.165, 1.54) is 16.0 Å². The van der Waals surface area contributed by atoms with Crippen LogP contribution < -0.4 is 0 Å². The lowest BCUT2D eigenvalue weighted by Crippen LogP contribution is -2.37. The Hall–Kier alpha value is -3.79. The highest BCUT2D eigenvalue weighted by Gasteiger charge is 2.43. The fraction of sp³-hybridized carbons (Fsp3) is 0.514. The van der Waals surface area contributed by atoms with Crippen LogP contribution in [-0.2, 0) is 11.2 Å². The van der Waals surface area contributed by atoms with Crippen molar-refractivity contribution in [2.45, 2.75) is 97.6 Å². The van der Waals surface area contributed by atoms with Crippen molar-refractivity contribution in [3.63, 3.8) is 0 Å². The van der Waals surface area contributed by atoms with E-state index in [0.717, 1.165) is 78.7 Å². The van der Waals surface area contributed by atoms with E-state index in [9.17, 15) is 4.79 Å². The number of likely N-dealkylation sites (tertiary alicyclic amines) is 1. The van der Waals surface area contributed by atoms with Crippen LogP contribution in [0.4, 0.5) is 4.79 Å². The third kappa shape index (κ3) is 5.62. The number of rotatable bonds is 4. The highest BCUT2D eigenvalue weighted by Crippen LogP contribution is 2.48. The second kappa shape index (κ2) is 11.2. The van der Waals surface area contributed by atoms with Crippen LogP contribution in [0, 0.1) is 26.2 Å². The molecule has 1 atom stereocenters. The van der Waals surface area contributed by atoms with Crippen molar-refractivity contribution >= 4 is 23.1 Å². The Morgan fingerprint density at radius 3 is 2.53 bits per heavy atom. The summed E-state index contributed by atoms with van der Waals surface area (Å²) in [5, 5.41) is 10.2. The molecule has 45 heavy (non-hydrogen) atoms. The van der Waals surface area contributed by atoms with Gasteiger partial charge in [-0.05, 0) is 96.1 Å². The van der Waals surface area contributed by atoms with Gasteiger partial charge in [0.25, 0.3) is 0 Å². The lowest BCUT2D eigenvalue weighted by molar-refractivity contribution is 0.0260. The van der Waals surface area contributed by atoms with E-state index in [2.05, 4.69) is 57.9 Å². The number of oxazole rings is 1. The predicted octanol–water partition coefficient (Wildman–Crippen LogP) is 7.66. The molecule has 1 aromatic carbocycles. The molecule has 0 radical (unpaired) electrons. The number of aromatic nitrogens is 4. The van der Waals surface area contributed by atoms with Crippen LogP contribution in [0.1, 0.15) is 110 Å². The first-order valence-electron chi connectivity index (χ1n) is 16.1. The minimum absolute atomic E-state index is 0.171. The van der Waals surface area contributed by atoms with Crippen molar-refractivity contribution in [2.24, 2.45) is 10.4 Å². The van der Waals surface area contributed by atoms with Gasteiger partial charge in [0.1, 0.15) is 28.7 Å². The van der Waals surface area contributed by atoms with Gasteiger partial charge in [0.2, 0.25) is 0 Å². The summed E-state index contributed by atoms with van der Waals surface area (Å²) in [5.41, 5.74) is 5.62. The van der Waals surface area contributed by atoms with Crippen LogP contribution in [0.15, 0.2) is 46.1 Å². The molecule has 1 saturated carbocycles. The molecular formula is C35H42N6O3S. The SMILES string of the molecule is Cc1sc2c(c1C)C(c1ccc(C3CCC4(CC3)CCN(C(=O)OC(C)(C)C)C4)cc1)=NC(Cc1ncco1)c1nnc(C)n1-2. The normalized spacial score (nSPS) is 23.1. The molecule has 0 bridgehead atoms. The summed E-state index contributed by atoms with van der Waals surface area (Å²) < 4.78 is 13.5. The summed E-state index contributed by atoms with van der Waals surface area (Å²) in [6.45, 7) is 13.8. The third-order valence-corrected chi connectivity index (χ3v) is 11.1. The van der Waals surface area contributed by atoms with Gasteiger partial charge >= 0.3 is 6.09 Å². The van der Waals surface area contributed by atoms with Crippen molar-refractivity contribution < 1.29 is 13.9 Å². The van der Waals surface area contributed by atoms with Crippen molar-refractivity contribution in [3.05, 3.63) is 81.4 Å². The highest BCUT2D eigenvalue weighted by atomic mass is 32.1. The second-order valence-electron chi connectivity index (χ2n) is 14.1. The van der Waals surface area contributed by atoms with Gasteiger partial charge in [-0.1, -0.05) is 24.3 Å². The largest absolute Gasteiger partial charge is 0.449 e. The van der Waals surface area contributed by atoms with E-state index in [1.54, 1.807) is 23.8 Å². The van der Waals surface area contributed by atoms with Crippen LogP contribution in [0.5, 0.6) is 0 Å². The number of thiophene rings is 1. The number of hydrogen-bond acceptors (Lipinski definition) is 8. The van der Waals surface area contributed by atoms with E-state index in [4.69, 9.17) is 14.1 Å². The molecule has 10 heteroatoms. The maximum Gasteiger partial charge on any atom is 0.410 e. The molecular weight excluding hydrogens is 584 g/mol. The molecule has 1 unspecified atom stereocenters. The first-order valence-corrected chi connectivity index (χ1v) is 16.9. The van der Waals surface area contributed by atoms with E-state index in [1.807, 2.05) is 32.6 Å². The Morgan fingerprint density at radius 1 is 1.09 bits per heavy atom. The maximum atomic E-state index is 12.7. The van der Waals surface area contributed by atoms with E-state index >= 15 is 0 Å². The quantitative estimate of drug-likeness (QED) is 0.231. The summed E-state index contributed by atoms with van der Waals surface area (Å²) in [7, 11) is 0. The summed E-state index contributed by atoms with van der Waals surface area (Å²) in [5.74, 6) is 2.82. The molecule has 3 aromatic heterocycles. The van der Waals surface area contributed by atoms with Gasteiger partial charge in [0.15, 0.2) is 11.7 Å². The second-order valence-corrected chi connectivity index (χ2v) is 15.3. The molecule has 1 saturated heterocycles. The number of carbonyl (C=O) groups is 1. The standard InChI is InChI=1S/C35H42N6O3S/c1-21-22(2)45-32-29(21)30(37-27(19-28-36-16-18-43-28)31-39-38-23(3)41(31)32)26-9-7-24(8-10-26)25-11-13-35(14-12-25)15-17-40(20-35)33(42)44-34(4,5)6/h7-10,16,18,25,27H,11-15,17,19-20H2,1-6H3. The number of amides is 1. The summed E-state index contributed by atoms with van der Waals surface area (Å²) in [4.78, 5) is 25.7. The number of carbonyl (C=O) groups excluding carboxylic acids is 1. The van der Waals surface area contributed by atoms with Crippen molar-refractivity contribution in [1.29, 1.82) is 0 Å². The zero-order valence-electron chi connectivity index (χ0n) is 27.1. The number of fused-ring (bicyclic) bond motifs is 3. The van der Waals surface area contributed by atoms with Crippen molar-refractivity contribution in [1.82, 2.24) is 24.6 Å². The third-order valence-electron chi connectivity index (χ3n) is 9.88. The number of aryl methyl sites for hydroxylation is 2. The lowest BCUT2D eigenvalue weighted by atomic mass is 9.68. The number of ether oxygens (including phenoxy) is 1. The lowest BCUT2D eigenvalue weighted by Gasteiger charge is -2.37. The van der Waals surface area contributed by atoms with Gasteiger partial charge in [-0.25, -0.2) is 9.78 Å². The number of aliphatic imine (C=N–C) groups is 1. The topological polar surface area (TPSA) is 98.6 Å². The van der Waals surface area contributed by atoms with Gasteiger partial charge in [-0.15, -0.1) is 21.5 Å². The van der Waals surface area contributed by atoms with Crippen LogP contribution in [-0.4, -0.2) is 55.1 Å². The highest BCUT2D eigenvalue weighted by molar-refractivity contribution is 7.15. The number of hydrogen-bond donors (Lipinski definition) is 0. The Balaban J connectivity index is 1.13. The van der Waals surface area contributed by atoms with E-state index in [0.29, 0.717) is 18.2 Å². The Kier molecular flexibility index (Phi) is 7.46. The fourth-order valence-corrected chi connectivity index (χ4v) is 8.56. The zero-order valence-corrected chi connectivity index (χ0v) is 27.9. The van der Waals surface area contributed by atoms with Gasteiger partial charge in [0.05, 0.1) is 18.3 Å². The molecule has 1 spiro atoms. The minimum atomic E-state index is -0.461. The summed E-state index contributed by atoms with van der Waals surface area (Å²) in [6, 6.07) is 8.82. The maximum absolute atomic E-state index is 12.7. The van der Waals surface area contributed by atoms with Gasteiger partial charge in [0, 0.05) is 29.1 Å². The molecule has 5 heterocycles. The first kappa shape index (κ1) is 29.9. The molecule has 1 aliphatic carbocycles. The zero-order chi connectivity index (χ0) is 31.5. The van der Waals surface area contributed by atoms with Crippen LogP contribution in [0.25, 0.3) is 5.00 Å². The minimum Gasteiger partial charge on any atom is -0.449 e. The van der Waals surface area contributed by atoms with Gasteiger partial charge < -0.3 is 14.1 Å². The Bertz CT molecular complexity index is 1740. The van der Waals surface area contributed by atoms with Crippen LogP contribution >= 0.6 is 11.3 Å². The number of benzene rings is 1. The van der Waals surface area contributed by atoms with Gasteiger partial charge in [-0.3, -0.25) is 9.56 Å². The molecule has 236 valence electrons. The fourth-order valence-electron chi connectivity index (χ4n) is 7.35. The molecule has 0 N–H and O–H groups in total. The molecule has 1 amide bonds. The van der Waals surface area contributed by atoms with Crippen LogP contribution in [0.2, 0.25) is 0 Å². The van der Waals surface area contributed by atoms with Crippen LogP contribution in [0.3, 0.4) is 0 Å². The van der Waals surface area contributed by atoms with Gasteiger partial charge in [-0.2, -0.15) is 0 Å². The number of nitrogens with zero attached hydrogens (tertiary/aromatic N) is 6. The Morgan fingerprint density at radius 2 is 1.84 bits per heavy atom. The average molecular weight is 627 g/mol. The van der Waals surface area contributed by atoms with Crippen molar-refractivity contribution in [3.8, 4) is 5.00 Å². The van der Waals surface area contributed by atoms with E-state index < -0.39 is 5.60 Å². The molecule has 2 fully saturated rings. The molecule has 4 aromatic rings. The Labute approximate surface area is 268 Å². The smallest absolute Gasteiger partial charge is 0.410 e. The average Bonchev–Trinajstić information content (AvgIpc) is 3.78. The van der Waals surface area contributed by atoms with Crippen molar-refractivity contribution in [2.75, 3.05) is 13.1 Å². The summed E-state index contributed by atoms with van der Waals surface area (Å²) >= 11 is 1.77. The molecule has 9 nitrogen and oxygen atoms in total. The molecule has 7 rings (SSSR count). The van der Waals surface area contributed by atoms with E-state index in [-0.39, 0.29) is 17.6 Å². The molecule has 3 aliphatic rings. The molecule has 2 aliphatic heterocycles. The summed E-state index contributed by atoms with van der Waals surface area (Å²) in [6.07, 6.45) is 9.25. The predicted molar refractivity (Wildman–Crippen MR) is 175 cm³/mol.